The largest absolute Gasteiger partial charge is 0.326 e. The number of aryl methyl sites for hydroxylation is 1. The highest BCUT2D eigenvalue weighted by molar-refractivity contribution is 5.59. The van der Waals surface area contributed by atoms with Crippen molar-refractivity contribution in [2.45, 2.75) is 13.5 Å². The Morgan fingerprint density at radius 3 is 2.89 bits per heavy atom. The number of rotatable bonds is 2. The Hall–Kier alpha value is -2.20. The third kappa shape index (κ3) is 1.87. The van der Waals surface area contributed by atoms with Crippen LogP contribution in [0.5, 0.6) is 0 Å². The lowest BCUT2D eigenvalue weighted by molar-refractivity contribution is 0.950. The highest BCUT2D eigenvalue weighted by Gasteiger charge is 2.06. The van der Waals surface area contributed by atoms with Gasteiger partial charge in [0.2, 0.25) is 0 Å². The van der Waals surface area contributed by atoms with E-state index in [-0.39, 0.29) is 0 Å². The van der Waals surface area contributed by atoms with Crippen molar-refractivity contribution in [1.29, 1.82) is 0 Å². The van der Waals surface area contributed by atoms with Gasteiger partial charge in [-0.2, -0.15) is 0 Å². The Labute approximate surface area is 105 Å². The van der Waals surface area contributed by atoms with Crippen molar-refractivity contribution >= 4 is 5.65 Å². The van der Waals surface area contributed by atoms with Gasteiger partial charge in [-0.15, -0.1) is 5.10 Å². The van der Waals surface area contributed by atoms with E-state index in [4.69, 9.17) is 5.73 Å². The molecule has 0 radical (unpaired) electrons. The molecule has 0 saturated heterocycles. The first-order chi connectivity index (χ1) is 8.76. The van der Waals surface area contributed by atoms with E-state index < -0.39 is 0 Å². The average Bonchev–Trinajstić information content (AvgIpc) is 2.81. The second-order valence-electron chi connectivity index (χ2n) is 4.35. The quantitative estimate of drug-likeness (QED) is 0.744. The smallest absolute Gasteiger partial charge is 0.182 e. The van der Waals surface area contributed by atoms with E-state index >= 15 is 0 Å². The van der Waals surface area contributed by atoms with Gasteiger partial charge in [0.15, 0.2) is 11.5 Å². The summed E-state index contributed by atoms with van der Waals surface area (Å²) in [6.45, 7) is 2.58. The van der Waals surface area contributed by atoms with Gasteiger partial charge in [0.05, 0.1) is 0 Å². The van der Waals surface area contributed by atoms with Crippen molar-refractivity contribution in [3.63, 3.8) is 0 Å². The van der Waals surface area contributed by atoms with Crippen molar-refractivity contribution in [2.75, 3.05) is 0 Å². The van der Waals surface area contributed by atoms with E-state index in [1.165, 1.54) is 5.56 Å². The van der Waals surface area contributed by atoms with Gasteiger partial charge in [-0.05, 0) is 30.7 Å². The molecule has 0 unspecified atom stereocenters. The number of benzene rings is 1. The summed E-state index contributed by atoms with van der Waals surface area (Å²) in [4.78, 5) is 4.53. The third-order valence-corrected chi connectivity index (χ3v) is 2.91. The Morgan fingerprint density at radius 1 is 1.22 bits per heavy atom. The van der Waals surface area contributed by atoms with Crippen molar-refractivity contribution in [3.8, 4) is 11.4 Å². The Kier molecular flexibility index (Phi) is 2.57. The molecular formula is C14H14N4. The van der Waals surface area contributed by atoms with Gasteiger partial charge in [0.25, 0.3) is 0 Å². The fraction of sp³-hybridized carbons (Fsp3) is 0.143. The summed E-state index contributed by atoms with van der Waals surface area (Å²) in [7, 11) is 0. The first-order valence-electron chi connectivity index (χ1n) is 5.89. The first kappa shape index (κ1) is 10.9. The van der Waals surface area contributed by atoms with Gasteiger partial charge >= 0.3 is 0 Å². The van der Waals surface area contributed by atoms with Gasteiger partial charge in [0, 0.05) is 18.3 Å². The lowest BCUT2D eigenvalue weighted by Gasteiger charge is -1.95. The SMILES string of the molecule is Cc1cccc(-c2nc3cc(CN)ccn3n2)c1. The van der Waals surface area contributed by atoms with Crippen LogP contribution in [0.1, 0.15) is 11.1 Å². The minimum atomic E-state index is 0.517. The number of hydrogen-bond donors (Lipinski definition) is 1. The normalized spacial score (nSPS) is 11.0. The fourth-order valence-electron chi connectivity index (χ4n) is 1.96. The average molecular weight is 238 g/mol. The molecular weight excluding hydrogens is 224 g/mol. The summed E-state index contributed by atoms with van der Waals surface area (Å²) >= 11 is 0. The second-order valence-corrected chi connectivity index (χ2v) is 4.35. The summed E-state index contributed by atoms with van der Waals surface area (Å²) in [5.41, 5.74) is 9.75. The van der Waals surface area contributed by atoms with Crippen LogP contribution in [-0.4, -0.2) is 14.6 Å². The zero-order valence-corrected chi connectivity index (χ0v) is 10.2. The number of pyridine rings is 1. The Balaban J connectivity index is 2.13. The molecule has 0 aliphatic carbocycles. The lowest BCUT2D eigenvalue weighted by Crippen LogP contribution is -1.97. The molecule has 3 rings (SSSR count). The summed E-state index contributed by atoms with van der Waals surface area (Å²) in [6.07, 6.45) is 1.89. The summed E-state index contributed by atoms with van der Waals surface area (Å²) < 4.78 is 1.77. The number of nitrogens with zero attached hydrogens (tertiary/aromatic N) is 3. The van der Waals surface area contributed by atoms with Crippen LogP contribution in [0.3, 0.4) is 0 Å². The standard InChI is InChI=1S/C14H14N4/c1-10-3-2-4-12(7-10)14-16-13-8-11(9-15)5-6-18(13)17-14/h2-8H,9,15H2,1H3. The van der Waals surface area contributed by atoms with Gasteiger partial charge in [0.1, 0.15) is 0 Å². The molecule has 0 aliphatic heterocycles. The van der Waals surface area contributed by atoms with E-state index in [0.29, 0.717) is 6.54 Å². The zero-order chi connectivity index (χ0) is 12.5. The molecule has 0 fully saturated rings. The van der Waals surface area contributed by atoms with Crippen LogP contribution in [0.25, 0.3) is 17.0 Å². The van der Waals surface area contributed by atoms with Crippen LogP contribution in [0.4, 0.5) is 0 Å². The molecule has 1 aromatic carbocycles. The van der Waals surface area contributed by atoms with Crippen molar-refractivity contribution in [3.05, 3.63) is 53.7 Å². The Bertz CT molecular complexity index is 700. The molecule has 4 heteroatoms. The van der Waals surface area contributed by atoms with Crippen LogP contribution in [0.15, 0.2) is 42.6 Å². The molecule has 18 heavy (non-hydrogen) atoms. The highest BCUT2D eigenvalue weighted by atomic mass is 15.3. The first-order valence-corrected chi connectivity index (χ1v) is 5.89. The third-order valence-electron chi connectivity index (χ3n) is 2.91. The van der Waals surface area contributed by atoms with E-state index in [0.717, 1.165) is 22.6 Å². The van der Waals surface area contributed by atoms with E-state index in [9.17, 15) is 0 Å². The summed E-state index contributed by atoms with van der Waals surface area (Å²) in [5, 5.41) is 4.46. The molecule has 0 saturated carbocycles. The van der Waals surface area contributed by atoms with Crippen LogP contribution >= 0.6 is 0 Å². The van der Waals surface area contributed by atoms with Crippen LogP contribution in [0.2, 0.25) is 0 Å². The predicted molar refractivity (Wildman–Crippen MR) is 71.1 cm³/mol. The summed E-state index contributed by atoms with van der Waals surface area (Å²) in [6, 6.07) is 12.1. The van der Waals surface area contributed by atoms with Gasteiger partial charge in [-0.1, -0.05) is 23.8 Å². The topological polar surface area (TPSA) is 56.2 Å². The minimum Gasteiger partial charge on any atom is -0.326 e. The Morgan fingerprint density at radius 2 is 2.11 bits per heavy atom. The van der Waals surface area contributed by atoms with Crippen LogP contribution < -0.4 is 5.73 Å². The molecule has 0 amide bonds. The van der Waals surface area contributed by atoms with E-state index in [1.807, 2.05) is 30.5 Å². The maximum atomic E-state index is 5.62. The van der Waals surface area contributed by atoms with Crippen LogP contribution in [0, 0.1) is 6.92 Å². The van der Waals surface area contributed by atoms with Gasteiger partial charge in [-0.25, -0.2) is 9.50 Å². The summed E-state index contributed by atoms with van der Waals surface area (Å²) in [5.74, 6) is 0.743. The molecule has 3 aromatic rings. The monoisotopic (exact) mass is 238 g/mol. The predicted octanol–water partition coefficient (Wildman–Crippen LogP) is 2.16. The molecule has 0 spiro atoms. The maximum Gasteiger partial charge on any atom is 0.182 e. The molecule has 90 valence electrons. The molecule has 0 atom stereocenters. The number of hydrogen-bond acceptors (Lipinski definition) is 3. The molecule has 2 N–H and O–H groups in total. The molecule has 0 bridgehead atoms. The molecule has 2 aromatic heterocycles. The van der Waals surface area contributed by atoms with Crippen LogP contribution in [-0.2, 0) is 6.54 Å². The minimum absolute atomic E-state index is 0.517. The maximum absolute atomic E-state index is 5.62. The second kappa shape index (κ2) is 4.23. The highest BCUT2D eigenvalue weighted by Crippen LogP contribution is 2.17. The molecule has 2 heterocycles. The zero-order valence-electron chi connectivity index (χ0n) is 10.2. The van der Waals surface area contributed by atoms with E-state index in [1.54, 1.807) is 4.52 Å². The fourth-order valence-corrected chi connectivity index (χ4v) is 1.96. The van der Waals surface area contributed by atoms with Crippen molar-refractivity contribution in [2.24, 2.45) is 5.73 Å². The lowest BCUT2D eigenvalue weighted by atomic mass is 10.1. The molecule has 0 aliphatic rings. The number of fused-ring (bicyclic) bond motifs is 1. The van der Waals surface area contributed by atoms with Gasteiger partial charge in [-0.3, -0.25) is 0 Å². The molecule has 4 nitrogen and oxygen atoms in total. The van der Waals surface area contributed by atoms with E-state index in [2.05, 4.69) is 29.1 Å². The number of aromatic nitrogens is 3. The van der Waals surface area contributed by atoms with Gasteiger partial charge < -0.3 is 5.73 Å². The van der Waals surface area contributed by atoms with Crippen molar-refractivity contribution < 1.29 is 0 Å². The van der Waals surface area contributed by atoms with Crippen molar-refractivity contribution in [1.82, 2.24) is 14.6 Å². The number of nitrogens with two attached hydrogens (primary N) is 1.